The molecule has 6 nitrogen and oxygen atoms in total. The first-order valence-corrected chi connectivity index (χ1v) is 8.71. The zero-order valence-electron chi connectivity index (χ0n) is 15.7. The molecule has 0 fully saturated rings. The Kier molecular flexibility index (Phi) is 5.66. The predicted octanol–water partition coefficient (Wildman–Crippen LogP) is 3.52. The first kappa shape index (κ1) is 18.4. The Bertz CT molecular complexity index is 905. The number of rotatable bonds is 6. The van der Waals surface area contributed by atoms with Crippen molar-refractivity contribution in [1.82, 2.24) is 15.3 Å². The van der Waals surface area contributed by atoms with Crippen molar-refractivity contribution in [2.24, 2.45) is 0 Å². The largest absolute Gasteiger partial charge is 0.378 e. The lowest BCUT2D eigenvalue weighted by atomic mass is 10.1. The van der Waals surface area contributed by atoms with Gasteiger partial charge in [-0.15, -0.1) is 0 Å². The van der Waals surface area contributed by atoms with Crippen molar-refractivity contribution in [1.29, 1.82) is 0 Å². The average Bonchev–Trinajstić information content (AvgIpc) is 2.67. The molecule has 0 bridgehead atoms. The molecular formula is C21H23N5O. The van der Waals surface area contributed by atoms with Crippen molar-refractivity contribution < 1.29 is 4.79 Å². The summed E-state index contributed by atoms with van der Waals surface area (Å²) >= 11 is 0. The van der Waals surface area contributed by atoms with Crippen molar-refractivity contribution in [3.63, 3.8) is 0 Å². The Labute approximate surface area is 159 Å². The van der Waals surface area contributed by atoms with Gasteiger partial charge in [-0.25, -0.2) is 9.97 Å². The second kappa shape index (κ2) is 8.31. The molecule has 3 rings (SSSR count). The van der Waals surface area contributed by atoms with Crippen LogP contribution in [-0.2, 0) is 6.54 Å². The van der Waals surface area contributed by atoms with E-state index in [1.807, 2.05) is 74.4 Å². The number of nitrogens with zero attached hydrogens (tertiary/aromatic N) is 3. The van der Waals surface area contributed by atoms with Crippen LogP contribution in [0, 0.1) is 6.92 Å². The molecule has 0 aliphatic carbocycles. The molecule has 1 aromatic heterocycles. The molecule has 138 valence electrons. The first-order chi connectivity index (χ1) is 13.0. The maximum absolute atomic E-state index is 12.3. The van der Waals surface area contributed by atoms with Gasteiger partial charge in [0, 0.05) is 44.4 Å². The fourth-order valence-electron chi connectivity index (χ4n) is 2.59. The zero-order valence-corrected chi connectivity index (χ0v) is 15.7. The van der Waals surface area contributed by atoms with Gasteiger partial charge in [0.1, 0.15) is 0 Å². The molecule has 1 amide bonds. The van der Waals surface area contributed by atoms with E-state index in [-0.39, 0.29) is 5.91 Å². The first-order valence-electron chi connectivity index (χ1n) is 8.71. The summed E-state index contributed by atoms with van der Waals surface area (Å²) < 4.78 is 0. The third-order valence-corrected chi connectivity index (χ3v) is 4.09. The van der Waals surface area contributed by atoms with Gasteiger partial charge in [0.05, 0.1) is 5.56 Å². The highest BCUT2D eigenvalue weighted by Crippen LogP contribution is 2.18. The minimum absolute atomic E-state index is 0.196. The number of hydrogen-bond acceptors (Lipinski definition) is 5. The summed E-state index contributed by atoms with van der Waals surface area (Å²) in [5.41, 5.74) is 4.65. The van der Waals surface area contributed by atoms with Gasteiger partial charge < -0.3 is 15.5 Å². The lowest BCUT2D eigenvalue weighted by Gasteiger charge is -2.13. The summed E-state index contributed by atoms with van der Waals surface area (Å²) in [6.07, 6.45) is 3.05. The monoisotopic (exact) mass is 361 g/mol. The standard InChI is InChI=1S/C21H23N5O/c1-15-5-4-6-16(11-15)12-22-20(27)17-13-23-21(24-14-17)25-18-7-9-19(10-8-18)26(2)3/h4-11,13-14H,12H2,1-3H3,(H,22,27)(H,23,24,25). The van der Waals surface area contributed by atoms with Crippen LogP contribution in [0.5, 0.6) is 0 Å². The molecule has 0 spiro atoms. The van der Waals surface area contributed by atoms with Crippen molar-refractivity contribution in [2.75, 3.05) is 24.3 Å². The number of nitrogens with one attached hydrogen (secondary N) is 2. The van der Waals surface area contributed by atoms with E-state index in [1.165, 1.54) is 18.0 Å². The minimum atomic E-state index is -0.196. The summed E-state index contributed by atoms with van der Waals surface area (Å²) in [5, 5.41) is 6.01. The second-order valence-corrected chi connectivity index (χ2v) is 6.53. The van der Waals surface area contributed by atoms with Crippen LogP contribution in [-0.4, -0.2) is 30.0 Å². The quantitative estimate of drug-likeness (QED) is 0.703. The van der Waals surface area contributed by atoms with Crippen LogP contribution < -0.4 is 15.5 Å². The topological polar surface area (TPSA) is 70.2 Å². The highest BCUT2D eigenvalue weighted by molar-refractivity contribution is 5.93. The molecule has 0 radical (unpaired) electrons. The highest BCUT2D eigenvalue weighted by Gasteiger charge is 2.07. The molecule has 0 aliphatic rings. The van der Waals surface area contributed by atoms with Gasteiger partial charge in [-0.2, -0.15) is 0 Å². The van der Waals surface area contributed by atoms with Crippen LogP contribution in [0.4, 0.5) is 17.3 Å². The van der Waals surface area contributed by atoms with E-state index in [2.05, 4.69) is 20.6 Å². The van der Waals surface area contributed by atoms with E-state index in [9.17, 15) is 4.79 Å². The van der Waals surface area contributed by atoms with Crippen molar-refractivity contribution in [3.8, 4) is 0 Å². The molecule has 0 unspecified atom stereocenters. The number of hydrogen-bond donors (Lipinski definition) is 2. The highest BCUT2D eigenvalue weighted by atomic mass is 16.1. The number of carbonyl (C=O) groups excluding carboxylic acids is 1. The van der Waals surface area contributed by atoms with Crippen LogP contribution in [0.2, 0.25) is 0 Å². The number of carbonyl (C=O) groups is 1. The Morgan fingerprint density at radius 1 is 1.04 bits per heavy atom. The van der Waals surface area contributed by atoms with E-state index >= 15 is 0 Å². The smallest absolute Gasteiger partial charge is 0.254 e. The third-order valence-electron chi connectivity index (χ3n) is 4.09. The molecule has 27 heavy (non-hydrogen) atoms. The molecule has 2 N–H and O–H groups in total. The number of anilines is 3. The van der Waals surface area contributed by atoms with E-state index in [0.29, 0.717) is 18.1 Å². The Balaban J connectivity index is 1.58. The summed E-state index contributed by atoms with van der Waals surface area (Å²) in [6.45, 7) is 2.50. The van der Waals surface area contributed by atoms with Gasteiger partial charge in [-0.1, -0.05) is 29.8 Å². The van der Waals surface area contributed by atoms with Crippen LogP contribution >= 0.6 is 0 Å². The van der Waals surface area contributed by atoms with Crippen LogP contribution in [0.3, 0.4) is 0 Å². The normalized spacial score (nSPS) is 10.3. The molecule has 0 atom stereocenters. The molecule has 1 heterocycles. The summed E-state index contributed by atoms with van der Waals surface area (Å²) in [7, 11) is 3.99. The fraction of sp³-hybridized carbons (Fsp3) is 0.190. The Morgan fingerprint density at radius 3 is 2.37 bits per heavy atom. The van der Waals surface area contributed by atoms with Gasteiger partial charge in [0.25, 0.3) is 5.91 Å². The molecule has 0 saturated carbocycles. The van der Waals surface area contributed by atoms with E-state index < -0.39 is 0 Å². The van der Waals surface area contributed by atoms with Gasteiger partial charge >= 0.3 is 0 Å². The number of aromatic nitrogens is 2. The van der Waals surface area contributed by atoms with Crippen LogP contribution in [0.1, 0.15) is 21.5 Å². The lowest BCUT2D eigenvalue weighted by molar-refractivity contribution is 0.0950. The SMILES string of the molecule is Cc1cccc(CNC(=O)c2cnc(Nc3ccc(N(C)C)cc3)nc2)c1. The molecule has 0 aliphatic heterocycles. The number of amides is 1. The van der Waals surface area contributed by atoms with Gasteiger partial charge in [-0.3, -0.25) is 4.79 Å². The molecule has 6 heteroatoms. The number of aryl methyl sites for hydroxylation is 1. The second-order valence-electron chi connectivity index (χ2n) is 6.53. The Morgan fingerprint density at radius 2 is 1.74 bits per heavy atom. The molecular weight excluding hydrogens is 338 g/mol. The van der Waals surface area contributed by atoms with Gasteiger partial charge in [0.2, 0.25) is 5.95 Å². The molecule has 2 aromatic carbocycles. The van der Waals surface area contributed by atoms with Crippen molar-refractivity contribution in [3.05, 3.63) is 77.6 Å². The van der Waals surface area contributed by atoms with Crippen molar-refractivity contribution >= 4 is 23.2 Å². The summed E-state index contributed by atoms with van der Waals surface area (Å²) in [6, 6.07) is 16.0. The Hall–Kier alpha value is -3.41. The van der Waals surface area contributed by atoms with Gasteiger partial charge in [0.15, 0.2) is 0 Å². The molecule has 3 aromatic rings. The number of benzene rings is 2. The average molecular weight is 361 g/mol. The summed E-state index contributed by atoms with van der Waals surface area (Å²) in [5.74, 6) is 0.251. The lowest BCUT2D eigenvalue weighted by Crippen LogP contribution is -2.23. The van der Waals surface area contributed by atoms with E-state index in [0.717, 1.165) is 16.9 Å². The maximum atomic E-state index is 12.3. The maximum Gasteiger partial charge on any atom is 0.254 e. The zero-order chi connectivity index (χ0) is 19.2. The van der Waals surface area contributed by atoms with Crippen molar-refractivity contribution in [2.45, 2.75) is 13.5 Å². The predicted molar refractivity (Wildman–Crippen MR) is 108 cm³/mol. The van der Waals surface area contributed by atoms with E-state index in [1.54, 1.807) is 0 Å². The van der Waals surface area contributed by atoms with Crippen LogP contribution in [0.25, 0.3) is 0 Å². The third kappa shape index (κ3) is 5.04. The molecule has 0 saturated heterocycles. The minimum Gasteiger partial charge on any atom is -0.378 e. The van der Waals surface area contributed by atoms with E-state index in [4.69, 9.17) is 0 Å². The van der Waals surface area contributed by atoms with Crippen LogP contribution in [0.15, 0.2) is 60.9 Å². The van der Waals surface area contributed by atoms with Gasteiger partial charge in [-0.05, 0) is 36.8 Å². The summed E-state index contributed by atoms with van der Waals surface area (Å²) in [4.78, 5) is 22.7. The fourth-order valence-corrected chi connectivity index (χ4v) is 2.59.